The molecule has 4 aromatic rings. The number of rotatable bonds is 6. The summed E-state index contributed by atoms with van der Waals surface area (Å²) in [4.78, 5) is 0. The fourth-order valence-electron chi connectivity index (χ4n) is 3.94. The van der Waals surface area contributed by atoms with E-state index in [0.717, 1.165) is 24.0 Å². The molecule has 0 radical (unpaired) electrons. The van der Waals surface area contributed by atoms with Gasteiger partial charge >= 0.3 is 0 Å². The first-order chi connectivity index (χ1) is 14.6. The van der Waals surface area contributed by atoms with Gasteiger partial charge in [-0.2, -0.15) is 0 Å². The molecule has 150 valence electrons. The third-order valence-corrected chi connectivity index (χ3v) is 5.42. The Balaban J connectivity index is 1.45. The summed E-state index contributed by atoms with van der Waals surface area (Å²) >= 11 is 0. The van der Waals surface area contributed by atoms with Crippen molar-refractivity contribution in [2.45, 2.75) is 19.8 Å². The van der Waals surface area contributed by atoms with Crippen molar-refractivity contribution in [1.82, 2.24) is 0 Å². The number of benzene rings is 4. The largest absolute Gasteiger partial charge is 0.508 e. The molecule has 4 rings (SSSR count). The Morgan fingerprint density at radius 1 is 0.533 bits per heavy atom. The van der Waals surface area contributed by atoms with E-state index in [1.165, 1.54) is 22.3 Å². The summed E-state index contributed by atoms with van der Waals surface area (Å²) in [6.45, 7) is 2.29. The molecule has 4 aromatic carbocycles. The van der Waals surface area contributed by atoms with Crippen molar-refractivity contribution in [3.63, 3.8) is 0 Å². The molecule has 0 unspecified atom stereocenters. The van der Waals surface area contributed by atoms with Crippen LogP contribution >= 0.6 is 0 Å². The highest BCUT2D eigenvalue weighted by molar-refractivity contribution is 5.65. The van der Waals surface area contributed by atoms with Gasteiger partial charge in [0.05, 0.1) is 0 Å². The van der Waals surface area contributed by atoms with Gasteiger partial charge in [-0.1, -0.05) is 79.7 Å². The van der Waals surface area contributed by atoms with Gasteiger partial charge in [0.15, 0.2) is 0 Å². The maximum atomic E-state index is 9.51. The average Bonchev–Trinajstić information content (AvgIpc) is 2.75. The predicted molar refractivity (Wildman–Crippen MR) is 124 cm³/mol. The van der Waals surface area contributed by atoms with E-state index in [1.807, 2.05) is 24.3 Å². The van der Waals surface area contributed by atoms with Gasteiger partial charge in [0.25, 0.3) is 0 Å². The van der Waals surface area contributed by atoms with Gasteiger partial charge < -0.3 is 10.2 Å². The van der Waals surface area contributed by atoms with Crippen molar-refractivity contribution in [1.29, 1.82) is 0 Å². The molecule has 0 aliphatic heterocycles. The lowest BCUT2D eigenvalue weighted by Crippen LogP contribution is -2.04. The summed E-state index contributed by atoms with van der Waals surface area (Å²) in [5.41, 5.74) is 7.22. The smallest absolute Gasteiger partial charge is 0.115 e. The first-order valence-electron chi connectivity index (χ1n) is 10.3. The van der Waals surface area contributed by atoms with Crippen molar-refractivity contribution < 1.29 is 10.2 Å². The molecule has 0 fully saturated rings. The molecule has 2 heteroatoms. The summed E-state index contributed by atoms with van der Waals surface area (Å²) < 4.78 is 0. The second kappa shape index (κ2) is 8.87. The van der Waals surface area contributed by atoms with E-state index in [-0.39, 0.29) is 11.5 Å². The van der Waals surface area contributed by atoms with Crippen molar-refractivity contribution in [3.8, 4) is 33.8 Å². The van der Waals surface area contributed by atoms with E-state index in [1.54, 1.807) is 24.3 Å². The summed E-state index contributed by atoms with van der Waals surface area (Å²) in [7, 11) is 0. The van der Waals surface area contributed by atoms with Gasteiger partial charge in [-0.3, -0.25) is 0 Å². The maximum Gasteiger partial charge on any atom is 0.115 e. The molecule has 0 atom stereocenters. The summed E-state index contributed by atoms with van der Waals surface area (Å²) in [5, 5.41) is 19.0. The number of hydrogen-bond acceptors (Lipinski definition) is 2. The van der Waals surface area contributed by atoms with Crippen LogP contribution in [0.25, 0.3) is 22.3 Å². The number of phenols is 2. The topological polar surface area (TPSA) is 40.5 Å². The van der Waals surface area contributed by atoms with Gasteiger partial charge in [0, 0.05) is 0 Å². The van der Waals surface area contributed by atoms with E-state index in [4.69, 9.17) is 0 Å². The van der Waals surface area contributed by atoms with Crippen molar-refractivity contribution >= 4 is 0 Å². The molecule has 2 N–H and O–H groups in total. The summed E-state index contributed by atoms with van der Waals surface area (Å²) in [5.74, 6) is 1.09. The third-order valence-electron chi connectivity index (χ3n) is 5.42. The van der Waals surface area contributed by atoms with Crippen LogP contribution in [0.2, 0.25) is 0 Å². The zero-order valence-electron chi connectivity index (χ0n) is 17.1. The van der Waals surface area contributed by atoms with Crippen LogP contribution in [0, 0.1) is 5.92 Å². The highest BCUT2D eigenvalue weighted by Gasteiger charge is 2.08. The molecule has 2 nitrogen and oxygen atoms in total. The van der Waals surface area contributed by atoms with Crippen LogP contribution in [-0.4, -0.2) is 10.2 Å². The normalized spacial score (nSPS) is 11.0. The Bertz CT molecular complexity index is 1020. The molecule has 0 saturated carbocycles. The van der Waals surface area contributed by atoms with Crippen LogP contribution in [0.15, 0.2) is 97.1 Å². The van der Waals surface area contributed by atoms with Crippen molar-refractivity contribution in [3.05, 3.63) is 108 Å². The molecular formula is C28H26O2. The molecule has 0 saturated heterocycles. The second-order valence-electron chi connectivity index (χ2n) is 8.01. The van der Waals surface area contributed by atoms with E-state index in [0.29, 0.717) is 5.92 Å². The Labute approximate surface area is 178 Å². The SMILES string of the molecule is CC(Cc1cccc(-c2ccc(O)cc2)c1)Cc1cccc(-c2ccc(O)cc2)c1. The summed E-state index contributed by atoms with van der Waals surface area (Å²) in [6, 6.07) is 32.0. The van der Waals surface area contributed by atoms with Crippen LogP contribution in [-0.2, 0) is 12.8 Å². The van der Waals surface area contributed by atoms with Crippen LogP contribution in [0.3, 0.4) is 0 Å². The minimum Gasteiger partial charge on any atom is -0.508 e. The highest BCUT2D eigenvalue weighted by atomic mass is 16.3. The molecule has 0 bridgehead atoms. The molecule has 0 heterocycles. The molecular weight excluding hydrogens is 368 g/mol. The van der Waals surface area contributed by atoms with Gasteiger partial charge in [-0.05, 0) is 76.4 Å². The monoisotopic (exact) mass is 394 g/mol. The van der Waals surface area contributed by atoms with E-state index < -0.39 is 0 Å². The third kappa shape index (κ3) is 4.90. The fourth-order valence-corrected chi connectivity index (χ4v) is 3.94. The zero-order valence-corrected chi connectivity index (χ0v) is 17.1. The first kappa shape index (κ1) is 19.8. The van der Waals surface area contributed by atoms with E-state index in [2.05, 4.69) is 55.5 Å². The minimum absolute atomic E-state index is 0.290. The molecule has 0 amide bonds. The van der Waals surface area contributed by atoms with Crippen molar-refractivity contribution in [2.24, 2.45) is 5.92 Å². The van der Waals surface area contributed by atoms with Crippen LogP contribution in [0.5, 0.6) is 11.5 Å². The van der Waals surface area contributed by atoms with Crippen LogP contribution < -0.4 is 0 Å². The highest BCUT2D eigenvalue weighted by Crippen LogP contribution is 2.26. The molecule has 0 aliphatic carbocycles. The Morgan fingerprint density at radius 3 is 1.33 bits per heavy atom. The number of hydrogen-bond donors (Lipinski definition) is 2. The van der Waals surface area contributed by atoms with Gasteiger partial charge in [-0.15, -0.1) is 0 Å². The summed E-state index contributed by atoms with van der Waals surface area (Å²) in [6.07, 6.45) is 2.02. The number of aromatic hydroxyl groups is 2. The van der Waals surface area contributed by atoms with E-state index in [9.17, 15) is 10.2 Å². The van der Waals surface area contributed by atoms with Gasteiger partial charge in [-0.25, -0.2) is 0 Å². The lowest BCUT2D eigenvalue weighted by atomic mass is 9.91. The molecule has 30 heavy (non-hydrogen) atoms. The van der Waals surface area contributed by atoms with Crippen LogP contribution in [0.1, 0.15) is 18.1 Å². The Morgan fingerprint density at radius 2 is 0.933 bits per heavy atom. The molecule has 0 aliphatic rings. The van der Waals surface area contributed by atoms with Gasteiger partial charge in [0.2, 0.25) is 0 Å². The number of phenolic OH excluding ortho intramolecular Hbond substituents is 2. The standard InChI is InChI=1S/C28H26O2/c1-20(16-21-4-2-6-25(18-21)23-8-12-27(29)13-9-23)17-22-5-3-7-26(19-22)24-10-14-28(30)15-11-24/h2-15,18-20,29-30H,16-17H2,1H3. The lowest BCUT2D eigenvalue weighted by Gasteiger charge is -2.14. The molecule has 0 aromatic heterocycles. The van der Waals surface area contributed by atoms with Crippen molar-refractivity contribution in [2.75, 3.05) is 0 Å². The Hall–Kier alpha value is -3.52. The first-order valence-corrected chi connectivity index (χ1v) is 10.3. The quantitative estimate of drug-likeness (QED) is 0.375. The van der Waals surface area contributed by atoms with Crippen LogP contribution in [0.4, 0.5) is 0 Å². The van der Waals surface area contributed by atoms with Gasteiger partial charge in [0.1, 0.15) is 11.5 Å². The fraction of sp³-hybridized carbons (Fsp3) is 0.143. The van der Waals surface area contributed by atoms with E-state index >= 15 is 0 Å². The Kier molecular flexibility index (Phi) is 5.85. The predicted octanol–water partition coefficient (Wildman–Crippen LogP) is 6.85. The molecule has 0 spiro atoms. The maximum absolute atomic E-state index is 9.51. The zero-order chi connectivity index (χ0) is 20.9. The lowest BCUT2D eigenvalue weighted by molar-refractivity contribution is 0.475. The minimum atomic E-state index is 0.290. The second-order valence-corrected chi connectivity index (χ2v) is 8.01. The average molecular weight is 395 g/mol.